The molecule has 1 fully saturated rings. The summed E-state index contributed by atoms with van der Waals surface area (Å²) in [5.74, 6) is 0.833. The minimum atomic E-state index is 0.234. The van der Waals surface area contributed by atoms with E-state index >= 15 is 0 Å². The highest BCUT2D eigenvalue weighted by Gasteiger charge is 2.22. The van der Waals surface area contributed by atoms with Crippen molar-refractivity contribution in [3.05, 3.63) is 17.5 Å². The highest BCUT2D eigenvalue weighted by Crippen LogP contribution is 2.14. The Hall–Kier alpha value is -1.20. The van der Waals surface area contributed by atoms with Gasteiger partial charge in [-0.15, -0.1) is 0 Å². The van der Waals surface area contributed by atoms with E-state index in [1.807, 2.05) is 19.9 Å². The van der Waals surface area contributed by atoms with Crippen LogP contribution in [0.5, 0.6) is 0 Å². The molecule has 1 atom stereocenters. The number of aromatic nitrogens is 2. The molecule has 1 saturated heterocycles. The number of rotatable bonds is 3. The molecule has 0 bridgehead atoms. The molecule has 2 rings (SSSR count). The Morgan fingerprint density at radius 1 is 1.33 bits per heavy atom. The third kappa shape index (κ3) is 3.40. The van der Waals surface area contributed by atoms with E-state index in [0.717, 1.165) is 43.6 Å². The standard InChI is InChI=1S/C13H22N4O/c1-10-7-11(2)15-13(14-10)17-5-6-18-12(9-17)8-16(3)4/h7,12H,5-6,8-9H2,1-4H3. The summed E-state index contributed by atoms with van der Waals surface area (Å²) < 4.78 is 5.76. The highest BCUT2D eigenvalue weighted by atomic mass is 16.5. The van der Waals surface area contributed by atoms with Crippen LogP contribution in [0.15, 0.2) is 6.07 Å². The molecule has 0 N–H and O–H groups in total. The molecule has 1 aromatic heterocycles. The van der Waals surface area contributed by atoms with E-state index in [9.17, 15) is 0 Å². The number of nitrogens with zero attached hydrogens (tertiary/aromatic N) is 4. The molecule has 0 aromatic carbocycles. The third-order valence-electron chi connectivity index (χ3n) is 2.96. The number of hydrogen-bond acceptors (Lipinski definition) is 5. The molecule has 1 aliphatic rings. The Bertz CT molecular complexity index is 388. The first kappa shape index (κ1) is 13.2. The Morgan fingerprint density at radius 3 is 2.61 bits per heavy atom. The number of morpholine rings is 1. The smallest absolute Gasteiger partial charge is 0.225 e. The topological polar surface area (TPSA) is 41.5 Å². The lowest BCUT2D eigenvalue weighted by atomic mass is 10.2. The second-order valence-electron chi connectivity index (χ2n) is 5.15. The van der Waals surface area contributed by atoms with E-state index in [1.165, 1.54) is 0 Å². The van der Waals surface area contributed by atoms with Gasteiger partial charge in [-0.1, -0.05) is 0 Å². The van der Waals surface area contributed by atoms with E-state index in [-0.39, 0.29) is 6.10 Å². The molecule has 0 saturated carbocycles. The molecule has 1 unspecified atom stereocenters. The number of hydrogen-bond donors (Lipinski definition) is 0. The summed E-state index contributed by atoms with van der Waals surface area (Å²) in [6, 6.07) is 2.00. The lowest BCUT2D eigenvalue weighted by molar-refractivity contribution is 0.0242. The van der Waals surface area contributed by atoms with Gasteiger partial charge in [0.2, 0.25) is 5.95 Å². The Morgan fingerprint density at radius 2 is 2.00 bits per heavy atom. The predicted molar refractivity (Wildman–Crippen MR) is 72.0 cm³/mol. The molecule has 1 aromatic rings. The van der Waals surface area contributed by atoms with Crippen LogP contribution in [0.4, 0.5) is 5.95 Å². The quantitative estimate of drug-likeness (QED) is 0.796. The van der Waals surface area contributed by atoms with E-state index in [1.54, 1.807) is 0 Å². The summed E-state index contributed by atoms with van der Waals surface area (Å²) >= 11 is 0. The Labute approximate surface area is 109 Å². The van der Waals surface area contributed by atoms with Gasteiger partial charge >= 0.3 is 0 Å². The second kappa shape index (κ2) is 5.63. The van der Waals surface area contributed by atoms with Gasteiger partial charge in [0, 0.05) is 31.0 Å². The van der Waals surface area contributed by atoms with Crippen LogP contribution in [0.1, 0.15) is 11.4 Å². The fraction of sp³-hybridized carbons (Fsp3) is 0.692. The zero-order chi connectivity index (χ0) is 13.1. The molecule has 0 radical (unpaired) electrons. The van der Waals surface area contributed by atoms with Gasteiger partial charge in [-0.2, -0.15) is 0 Å². The first-order valence-electron chi connectivity index (χ1n) is 6.38. The fourth-order valence-electron chi connectivity index (χ4n) is 2.27. The molecule has 0 spiro atoms. The summed E-state index contributed by atoms with van der Waals surface area (Å²) in [4.78, 5) is 13.4. The van der Waals surface area contributed by atoms with Crippen LogP contribution < -0.4 is 4.90 Å². The molecule has 1 aliphatic heterocycles. The van der Waals surface area contributed by atoms with E-state index in [4.69, 9.17) is 4.74 Å². The second-order valence-corrected chi connectivity index (χ2v) is 5.15. The monoisotopic (exact) mass is 250 g/mol. The van der Waals surface area contributed by atoms with Gasteiger partial charge in [-0.25, -0.2) is 9.97 Å². The van der Waals surface area contributed by atoms with Crippen molar-refractivity contribution in [1.29, 1.82) is 0 Å². The van der Waals surface area contributed by atoms with Crippen LogP contribution in [-0.4, -0.2) is 61.3 Å². The average Bonchev–Trinajstić information content (AvgIpc) is 2.27. The van der Waals surface area contributed by atoms with E-state index < -0.39 is 0 Å². The van der Waals surface area contributed by atoms with Crippen LogP contribution in [0.25, 0.3) is 0 Å². The first-order chi connectivity index (χ1) is 8.54. The van der Waals surface area contributed by atoms with E-state index in [0.29, 0.717) is 0 Å². The SMILES string of the molecule is Cc1cc(C)nc(N2CCOC(CN(C)C)C2)n1. The third-order valence-corrected chi connectivity index (χ3v) is 2.96. The van der Waals surface area contributed by atoms with Crippen LogP contribution in [0.3, 0.4) is 0 Å². The van der Waals surface area contributed by atoms with Gasteiger partial charge in [0.1, 0.15) is 0 Å². The van der Waals surface area contributed by atoms with Gasteiger partial charge < -0.3 is 14.5 Å². The molecule has 0 aliphatic carbocycles. The maximum absolute atomic E-state index is 5.76. The number of likely N-dealkylation sites (N-methyl/N-ethyl adjacent to an activating group) is 1. The summed E-state index contributed by atoms with van der Waals surface area (Å²) in [5, 5.41) is 0. The maximum Gasteiger partial charge on any atom is 0.225 e. The number of aryl methyl sites for hydroxylation is 2. The summed E-state index contributed by atoms with van der Waals surface area (Å²) in [7, 11) is 4.13. The van der Waals surface area contributed by atoms with Gasteiger partial charge in [0.05, 0.1) is 12.7 Å². The maximum atomic E-state index is 5.76. The zero-order valence-electron chi connectivity index (χ0n) is 11.7. The molecule has 18 heavy (non-hydrogen) atoms. The van der Waals surface area contributed by atoms with Crippen molar-refractivity contribution in [2.45, 2.75) is 20.0 Å². The number of ether oxygens (including phenoxy) is 1. The van der Waals surface area contributed by atoms with Crippen LogP contribution in [-0.2, 0) is 4.74 Å². The highest BCUT2D eigenvalue weighted by molar-refractivity contribution is 5.33. The van der Waals surface area contributed by atoms with Gasteiger partial charge in [-0.3, -0.25) is 0 Å². The number of anilines is 1. The van der Waals surface area contributed by atoms with Crippen LogP contribution in [0, 0.1) is 13.8 Å². The van der Waals surface area contributed by atoms with Crippen molar-refractivity contribution < 1.29 is 4.74 Å². The predicted octanol–water partition coefficient (Wildman–Crippen LogP) is 0.860. The van der Waals surface area contributed by atoms with Gasteiger partial charge in [-0.05, 0) is 34.0 Å². The van der Waals surface area contributed by atoms with E-state index in [2.05, 4.69) is 33.9 Å². The van der Waals surface area contributed by atoms with Crippen LogP contribution in [0.2, 0.25) is 0 Å². The summed E-state index contributed by atoms with van der Waals surface area (Å²) in [6.45, 7) is 7.43. The molecule has 0 amide bonds. The lowest BCUT2D eigenvalue weighted by Crippen LogP contribution is -2.47. The van der Waals surface area contributed by atoms with Crippen molar-refractivity contribution in [2.75, 3.05) is 45.2 Å². The first-order valence-corrected chi connectivity index (χ1v) is 6.38. The molecule has 5 nitrogen and oxygen atoms in total. The van der Waals surface area contributed by atoms with Gasteiger partial charge in [0.15, 0.2) is 0 Å². The molecular weight excluding hydrogens is 228 g/mol. The molecule has 5 heteroatoms. The van der Waals surface area contributed by atoms with Crippen molar-refractivity contribution in [2.24, 2.45) is 0 Å². The Kier molecular flexibility index (Phi) is 4.14. The molecule has 100 valence electrons. The minimum Gasteiger partial charge on any atom is -0.373 e. The normalized spacial score (nSPS) is 20.5. The lowest BCUT2D eigenvalue weighted by Gasteiger charge is -2.34. The van der Waals surface area contributed by atoms with Crippen LogP contribution >= 0.6 is 0 Å². The van der Waals surface area contributed by atoms with Crippen molar-refractivity contribution in [3.63, 3.8) is 0 Å². The fourth-order valence-corrected chi connectivity index (χ4v) is 2.27. The van der Waals surface area contributed by atoms with Crippen molar-refractivity contribution in [3.8, 4) is 0 Å². The Balaban J connectivity index is 2.08. The van der Waals surface area contributed by atoms with Crippen molar-refractivity contribution in [1.82, 2.24) is 14.9 Å². The minimum absolute atomic E-state index is 0.234. The summed E-state index contributed by atoms with van der Waals surface area (Å²) in [5.41, 5.74) is 2.04. The van der Waals surface area contributed by atoms with Crippen molar-refractivity contribution >= 4 is 5.95 Å². The largest absolute Gasteiger partial charge is 0.373 e. The molecular formula is C13H22N4O. The van der Waals surface area contributed by atoms with Gasteiger partial charge in [0.25, 0.3) is 0 Å². The average molecular weight is 250 g/mol. The zero-order valence-corrected chi connectivity index (χ0v) is 11.7. The molecule has 2 heterocycles. The summed E-state index contributed by atoms with van der Waals surface area (Å²) in [6.07, 6.45) is 0.234.